The number of rotatable bonds is 6. The molecule has 1 aliphatic carbocycles. The zero-order valence-corrected chi connectivity index (χ0v) is 15.6. The monoisotopic (exact) mass is 351 g/mol. The van der Waals surface area contributed by atoms with Crippen LogP contribution in [0.25, 0.3) is 0 Å². The van der Waals surface area contributed by atoms with Crippen molar-refractivity contribution in [2.75, 3.05) is 13.7 Å². The lowest BCUT2D eigenvalue weighted by atomic mass is 10.0. The Hall–Kier alpha value is -0.820. The standard InChI is InChI=1S/C17H25N3OS2/c1-16(2)15(22)20(12-19-16)23(21)17(18-3,11-13-9-10-13)14-7-5-4-6-8-14/h4-8,13,18-19H,9-12H2,1-3H3. The molecule has 1 saturated heterocycles. The smallest absolute Gasteiger partial charge is 0.147 e. The highest BCUT2D eigenvalue weighted by Crippen LogP contribution is 2.43. The van der Waals surface area contributed by atoms with Gasteiger partial charge in [0.25, 0.3) is 0 Å². The second kappa shape index (κ2) is 6.24. The molecule has 0 amide bonds. The largest absolute Gasteiger partial charge is 0.298 e. The maximum atomic E-state index is 13.6. The average molecular weight is 352 g/mol. The highest BCUT2D eigenvalue weighted by Gasteiger charge is 2.48. The molecule has 2 aliphatic rings. The molecule has 2 atom stereocenters. The average Bonchev–Trinajstić information content (AvgIpc) is 3.32. The van der Waals surface area contributed by atoms with E-state index in [1.165, 1.54) is 12.8 Å². The van der Waals surface area contributed by atoms with Gasteiger partial charge in [0, 0.05) is 0 Å². The maximum absolute atomic E-state index is 13.6. The lowest BCUT2D eigenvalue weighted by molar-refractivity contribution is 0.426. The molecule has 0 spiro atoms. The van der Waals surface area contributed by atoms with E-state index < -0.39 is 15.9 Å². The van der Waals surface area contributed by atoms with Gasteiger partial charge in [-0.1, -0.05) is 55.4 Å². The molecule has 23 heavy (non-hydrogen) atoms. The van der Waals surface area contributed by atoms with Crippen LogP contribution in [0.4, 0.5) is 0 Å². The molecule has 1 heterocycles. The Labute approximate surface area is 146 Å². The third kappa shape index (κ3) is 3.09. The van der Waals surface area contributed by atoms with Gasteiger partial charge in [0.1, 0.15) is 20.8 Å². The van der Waals surface area contributed by atoms with Gasteiger partial charge >= 0.3 is 0 Å². The van der Waals surface area contributed by atoms with Crippen LogP contribution in [0.15, 0.2) is 30.3 Å². The van der Waals surface area contributed by atoms with Crippen LogP contribution in [-0.2, 0) is 15.9 Å². The number of thiocarbonyl (C=S) groups is 1. The van der Waals surface area contributed by atoms with E-state index in [-0.39, 0.29) is 5.54 Å². The van der Waals surface area contributed by atoms with Gasteiger partial charge in [-0.05, 0) is 38.8 Å². The van der Waals surface area contributed by atoms with Crippen LogP contribution in [0.1, 0.15) is 38.7 Å². The van der Waals surface area contributed by atoms with Crippen LogP contribution in [0, 0.1) is 5.92 Å². The summed E-state index contributed by atoms with van der Waals surface area (Å²) < 4.78 is 15.5. The molecule has 2 fully saturated rings. The number of nitrogens with zero attached hydrogens (tertiary/aromatic N) is 1. The van der Waals surface area contributed by atoms with E-state index in [0.717, 1.165) is 17.0 Å². The fourth-order valence-corrected chi connectivity index (χ4v) is 5.28. The van der Waals surface area contributed by atoms with Gasteiger partial charge in [-0.25, -0.2) is 4.21 Å². The van der Waals surface area contributed by atoms with Gasteiger partial charge in [-0.3, -0.25) is 14.9 Å². The molecule has 1 aliphatic heterocycles. The fourth-order valence-electron chi connectivity index (χ4n) is 3.11. The minimum atomic E-state index is -1.28. The molecule has 126 valence electrons. The Balaban J connectivity index is 1.98. The Kier molecular flexibility index (Phi) is 4.62. The summed E-state index contributed by atoms with van der Waals surface area (Å²) in [6.45, 7) is 4.60. The molecule has 1 aromatic rings. The molecule has 1 aromatic carbocycles. The molecule has 0 aromatic heterocycles. The fraction of sp³-hybridized carbons (Fsp3) is 0.588. The number of hydrogen-bond donors (Lipinski definition) is 2. The maximum Gasteiger partial charge on any atom is 0.147 e. The first-order valence-electron chi connectivity index (χ1n) is 8.14. The number of hydrogen-bond acceptors (Lipinski definition) is 4. The molecule has 2 unspecified atom stereocenters. The summed E-state index contributed by atoms with van der Waals surface area (Å²) in [7, 11) is 0.626. The van der Waals surface area contributed by atoms with Crippen molar-refractivity contribution in [3.05, 3.63) is 35.9 Å². The molecule has 6 heteroatoms. The third-order valence-corrected chi connectivity index (χ3v) is 7.60. The van der Waals surface area contributed by atoms with E-state index in [4.69, 9.17) is 12.2 Å². The van der Waals surface area contributed by atoms with Crippen molar-refractivity contribution in [3.63, 3.8) is 0 Å². The van der Waals surface area contributed by atoms with Crippen molar-refractivity contribution in [2.24, 2.45) is 5.92 Å². The summed E-state index contributed by atoms with van der Waals surface area (Å²) >= 11 is 5.59. The molecule has 3 rings (SSSR count). The van der Waals surface area contributed by atoms with E-state index in [1.54, 1.807) is 0 Å². The van der Waals surface area contributed by atoms with Gasteiger partial charge in [-0.2, -0.15) is 0 Å². The zero-order valence-electron chi connectivity index (χ0n) is 14.0. The van der Waals surface area contributed by atoms with Crippen molar-refractivity contribution in [1.29, 1.82) is 0 Å². The van der Waals surface area contributed by atoms with Gasteiger partial charge in [0.05, 0.1) is 12.2 Å². The summed E-state index contributed by atoms with van der Waals surface area (Å²) in [5.74, 6) is 0.642. The van der Waals surface area contributed by atoms with E-state index >= 15 is 0 Å². The first kappa shape index (κ1) is 17.0. The lowest BCUT2D eigenvalue weighted by Crippen LogP contribution is -2.51. The third-order valence-electron chi connectivity index (χ3n) is 4.84. The van der Waals surface area contributed by atoms with E-state index in [2.05, 4.69) is 22.8 Å². The van der Waals surface area contributed by atoms with Gasteiger partial charge in [0.2, 0.25) is 0 Å². The molecule has 0 radical (unpaired) electrons. The summed E-state index contributed by atoms with van der Waals surface area (Å²) in [6, 6.07) is 10.1. The molecular weight excluding hydrogens is 326 g/mol. The minimum Gasteiger partial charge on any atom is -0.298 e. The predicted octanol–water partition coefficient (Wildman–Crippen LogP) is 2.49. The highest BCUT2D eigenvalue weighted by atomic mass is 32.2. The van der Waals surface area contributed by atoms with E-state index in [9.17, 15) is 4.21 Å². The number of nitrogens with one attached hydrogen (secondary N) is 2. The molecule has 0 bridgehead atoms. The normalized spacial score (nSPS) is 24.5. The zero-order chi connectivity index (χ0) is 16.7. The Morgan fingerprint density at radius 3 is 2.52 bits per heavy atom. The Morgan fingerprint density at radius 2 is 2.04 bits per heavy atom. The highest BCUT2D eigenvalue weighted by molar-refractivity contribution is 7.87. The van der Waals surface area contributed by atoms with Gasteiger partial charge in [-0.15, -0.1) is 0 Å². The van der Waals surface area contributed by atoms with Crippen LogP contribution in [0.5, 0.6) is 0 Å². The Bertz CT molecular complexity index is 616. The van der Waals surface area contributed by atoms with Crippen LogP contribution in [-0.4, -0.2) is 32.8 Å². The van der Waals surface area contributed by atoms with Crippen molar-refractivity contribution < 1.29 is 4.21 Å². The Morgan fingerprint density at radius 1 is 1.39 bits per heavy atom. The van der Waals surface area contributed by atoms with E-state index in [0.29, 0.717) is 12.6 Å². The quantitative estimate of drug-likeness (QED) is 0.773. The van der Waals surface area contributed by atoms with Crippen molar-refractivity contribution >= 4 is 28.2 Å². The SMILES string of the molecule is CNC(CC1CC1)(c1ccccc1)S(=O)N1CNC(C)(C)C1=S. The summed E-state index contributed by atoms with van der Waals surface area (Å²) in [5, 5.41) is 6.76. The topological polar surface area (TPSA) is 44.4 Å². The van der Waals surface area contributed by atoms with Crippen molar-refractivity contribution in [1.82, 2.24) is 14.9 Å². The second-order valence-electron chi connectivity index (χ2n) is 6.98. The summed E-state index contributed by atoms with van der Waals surface area (Å²) in [4.78, 5) is 0.136. The van der Waals surface area contributed by atoms with Crippen molar-refractivity contribution in [3.8, 4) is 0 Å². The second-order valence-corrected chi connectivity index (χ2v) is 9.01. The molecule has 1 saturated carbocycles. The van der Waals surface area contributed by atoms with Crippen molar-refractivity contribution in [2.45, 2.75) is 43.5 Å². The van der Waals surface area contributed by atoms with E-state index in [1.807, 2.05) is 43.4 Å². The van der Waals surface area contributed by atoms with Crippen LogP contribution in [0.3, 0.4) is 0 Å². The van der Waals surface area contributed by atoms with Crippen LogP contribution < -0.4 is 10.6 Å². The van der Waals surface area contributed by atoms with Gasteiger partial charge < -0.3 is 0 Å². The predicted molar refractivity (Wildman–Crippen MR) is 99.2 cm³/mol. The van der Waals surface area contributed by atoms with Crippen LogP contribution >= 0.6 is 12.2 Å². The first-order chi connectivity index (χ1) is 10.9. The molecular formula is C17H25N3OS2. The minimum absolute atomic E-state index is 0.291. The molecule has 4 nitrogen and oxygen atoms in total. The molecule has 2 N–H and O–H groups in total. The van der Waals surface area contributed by atoms with Gasteiger partial charge in [0.15, 0.2) is 0 Å². The first-order valence-corrected chi connectivity index (χ1v) is 9.65. The summed E-state index contributed by atoms with van der Waals surface area (Å²) in [5.41, 5.74) is 0.779. The lowest BCUT2D eigenvalue weighted by Gasteiger charge is -2.37. The van der Waals surface area contributed by atoms with Crippen LogP contribution in [0.2, 0.25) is 0 Å². The number of benzene rings is 1. The summed E-state index contributed by atoms with van der Waals surface area (Å²) in [6.07, 6.45) is 3.32.